The zero-order valence-electron chi connectivity index (χ0n) is 13.8. The summed E-state index contributed by atoms with van der Waals surface area (Å²) in [6.45, 7) is 1.79. The largest absolute Gasteiger partial charge is 0.480 e. The summed E-state index contributed by atoms with van der Waals surface area (Å²) in [5, 5.41) is 33.5. The van der Waals surface area contributed by atoms with Crippen LogP contribution in [0.15, 0.2) is 0 Å². The summed E-state index contributed by atoms with van der Waals surface area (Å²) in [5.74, 6) is -3.89. The van der Waals surface area contributed by atoms with Gasteiger partial charge in [0.1, 0.15) is 24.2 Å². The van der Waals surface area contributed by atoms with Gasteiger partial charge in [-0.2, -0.15) is 12.6 Å². The number of aliphatic hydroxyl groups is 2. The van der Waals surface area contributed by atoms with Crippen LogP contribution in [-0.2, 0) is 19.2 Å². The summed E-state index contributed by atoms with van der Waals surface area (Å²) >= 11 is 3.93. The van der Waals surface area contributed by atoms with E-state index < -0.39 is 60.6 Å². The minimum atomic E-state index is -1.50. The molecule has 8 N–H and O–H groups in total. The van der Waals surface area contributed by atoms with Gasteiger partial charge in [0.05, 0.1) is 12.7 Å². The van der Waals surface area contributed by atoms with Crippen molar-refractivity contribution in [2.75, 3.05) is 12.4 Å². The lowest BCUT2D eigenvalue weighted by atomic mass is 10.1. The van der Waals surface area contributed by atoms with Gasteiger partial charge in [-0.1, -0.05) is 0 Å². The molecule has 0 aromatic rings. The molecule has 0 saturated heterocycles. The Labute approximate surface area is 149 Å². The molecule has 0 rings (SSSR count). The van der Waals surface area contributed by atoms with Crippen LogP contribution >= 0.6 is 12.6 Å². The third-order valence-corrected chi connectivity index (χ3v) is 3.55. The fourth-order valence-corrected chi connectivity index (χ4v) is 1.80. The van der Waals surface area contributed by atoms with Crippen molar-refractivity contribution in [1.29, 1.82) is 0 Å². The minimum Gasteiger partial charge on any atom is -0.480 e. The van der Waals surface area contributed by atoms with E-state index in [0.717, 1.165) is 0 Å². The molecule has 0 fully saturated rings. The van der Waals surface area contributed by atoms with E-state index >= 15 is 0 Å². The molecule has 25 heavy (non-hydrogen) atoms. The molecule has 0 radical (unpaired) electrons. The Balaban J connectivity index is 4.73. The van der Waals surface area contributed by atoms with Crippen LogP contribution in [0, 0.1) is 0 Å². The summed E-state index contributed by atoms with van der Waals surface area (Å²) in [6.07, 6.45) is -1.13. The fourth-order valence-electron chi connectivity index (χ4n) is 1.54. The number of hydrogen-bond donors (Lipinski definition) is 8. The number of carboxylic acid groups (broad SMARTS) is 1. The van der Waals surface area contributed by atoms with Crippen LogP contribution in [0.5, 0.6) is 0 Å². The molecule has 0 aromatic heterocycles. The van der Waals surface area contributed by atoms with Crippen molar-refractivity contribution in [2.24, 2.45) is 5.73 Å². The average Bonchev–Trinajstić information content (AvgIpc) is 2.55. The summed E-state index contributed by atoms with van der Waals surface area (Å²) in [7, 11) is 0. The first kappa shape index (κ1) is 23.1. The first-order valence-corrected chi connectivity index (χ1v) is 7.97. The van der Waals surface area contributed by atoms with Crippen molar-refractivity contribution >= 4 is 36.3 Å². The number of aliphatic hydroxyl groups excluding tert-OH is 2. The molecule has 0 heterocycles. The number of hydrogen-bond acceptors (Lipinski definition) is 8. The maximum absolute atomic E-state index is 12.1. The van der Waals surface area contributed by atoms with Crippen molar-refractivity contribution in [3.8, 4) is 0 Å². The molecule has 0 aliphatic carbocycles. The molecular weight excluding hydrogens is 356 g/mol. The van der Waals surface area contributed by atoms with Crippen LogP contribution in [0.4, 0.5) is 0 Å². The SMILES string of the molecule is CC(NC(=O)C(CS)NC(=O)C(N)C(C)O)C(=O)NC(CO)C(=O)O. The topological polar surface area (TPSA) is 191 Å². The van der Waals surface area contributed by atoms with E-state index in [1.165, 1.54) is 13.8 Å². The van der Waals surface area contributed by atoms with Crippen LogP contribution in [-0.4, -0.2) is 81.6 Å². The van der Waals surface area contributed by atoms with Gasteiger partial charge in [-0.15, -0.1) is 0 Å². The minimum absolute atomic E-state index is 0.104. The van der Waals surface area contributed by atoms with Crippen molar-refractivity contribution in [3.05, 3.63) is 0 Å². The van der Waals surface area contributed by atoms with Crippen LogP contribution in [0.3, 0.4) is 0 Å². The zero-order chi connectivity index (χ0) is 19.7. The van der Waals surface area contributed by atoms with E-state index in [1.807, 2.05) is 5.32 Å². The quantitative estimate of drug-likeness (QED) is 0.177. The Bertz CT molecular complexity index is 503. The number of nitrogens with one attached hydrogen (secondary N) is 3. The summed E-state index contributed by atoms with van der Waals surface area (Å²) in [5.41, 5.74) is 5.45. The highest BCUT2D eigenvalue weighted by molar-refractivity contribution is 7.80. The molecular formula is C13H24N4O7S. The highest BCUT2D eigenvalue weighted by Crippen LogP contribution is 1.96. The molecule has 11 nitrogen and oxygen atoms in total. The molecule has 0 aliphatic heterocycles. The number of thiol groups is 1. The molecule has 0 aliphatic rings. The molecule has 3 amide bonds. The molecule has 5 unspecified atom stereocenters. The second-order valence-corrected chi connectivity index (χ2v) is 5.69. The van der Waals surface area contributed by atoms with E-state index in [9.17, 15) is 24.3 Å². The first-order chi connectivity index (χ1) is 11.5. The van der Waals surface area contributed by atoms with Gasteiger partial charge in [0.25, 0.3) is 0 Å². The van der Waals surface area contributed by atoms with Gasteiger partial charge in [0, 0.05) is 5.75 Å². The standard InChI is InChI=1S/C13H24N4O7S/c1-5(10(20)16-7(3-18)13(23)24)15-11(21)8(4-25)17-12(22)9(14)6(2)19/h5-9,18-19,25H,3-4,14H2,1-2H3,(H,15,21)(H,16,20)(H,17,22)(H,23,24). The molecule has 0 aromatic carbocycles. The molecule has 0 spiro atoms. The number of rotatable bonds is 10. The molecule has 5 atom stereocenters. The van der Waals surface area contributed by atoms with E-state index in [-0.39, 0.29) is 5.75 Å². The Morgan fingerprint density at radius 2 is 1.52 bits per heavy atom. The van der Waals surface area contributed by atoms with E-state index in [2.05, 4.69) is 23.3 Å². The van der Waals surface area contributed by atoms with E-state index in [1.54, 1.807) is 0 Å². The van der Waals surface area contributed by atoms with Crippen LogP contribution in [0.2, 0.25) is 0 Å². The third kappa shape index (κ3) is 7.69. The predicted molar refractivity (Wildman–Crippen MR) is 89.7 cm³/mol. The fraction of sp³-hybridized carbons (Fsp3) is 0.692. The van der Waals surface area contributed by atoms with Gasteiger partial charge >= 0.3 is 5.97 Å². The number of amides is 3. The number of carbonyl (C=O) groups excluding carboxylic acids is 3. The lowest BCUT2D eigenvalue weighted by Crippen LogP contribution is -2.58. The second kappa shape index (κ2) is 10.9. The Hall–Kier alpha value is -1.89. The van der Waals surface area contributed by atoms with E-state index in [0.29, 0.717) is 0 Å². The van der Waals surface area contributed by atoms with Gasteiger partial charge in [0.2, 0.25) is 17.7 Å². The normalized spacial score (nSPS) is 16.7. The first-order valence-electron chi connectivity index (χ1n) is 7.34. The van der Waals surface area contributed by atoms with Gasteiger partial charge in [-0.25, -0.2) is 4.79 Å². The van der Waals surface area contributed by atoms with Crippen molar-refractivity contribution < 1.29 is 34.5 Å². The highest BCUT2D eigenvalue weighted by atomic mass is 32.1. The summed E-state index contributed by atoms with van der Waals surface area (Å²) in [6, 6.07) is -5.00. The zero-order valence-corrected chi connectivity index (χ0v) is 14.7. The molecule has 0 saturated carbocycles. The Kier molecular flexibility index (Phi) is 10.0. The van der Waals surface area contributed by atoms with Crippen molar-refractivity contribution in [2.45, 2.75) is 44.1 Å². The highest BCUT2D eigenvalue weighted by Gasteiger charge is 2.28. The molecule has 12 heteroatoms. The van der Waals surface area contributed by atoms with Crippen molar-refractivity contribution in [1.82, 2.24) is 16.0 Å². The van der Waals surface area contributed by atoms with Crippen LogP contribution < -0.4 is 21.7 Å². The molecule has 144 valence electrons. The second-order valence-electron chi connectivity index (χ2n) is 5.32. The summed E-state index contributed by atoms with van der Waals surface area (Å²) in [4.78, 5) is 46.4. The predicted octanol–water partition coefficient (Wildman–Crippen LogP) is -3.82. The monoisotopic (exact) mass is 380 g/mol. The number of carbonyl (C=O) groups is 4. The van der Waals surface area contributed by atoms with Crippen LogP contribution in [0.1, 0.15) is 13.8 Å². The maximum atomic E-state index is 12.1. The Morgan fingerprint density at radius 3 is 1.92 bits per heavy atom. The van der Waals surface area contributed by atoms with E-state index in [4.69, 9.17) is 15.9 Å². The maximum Gasteiger partial charge on any atom is 0.328 e. The third-order valence-electron chi connectivity index (χ3n) is 3.19. The van der Waals surface area contributed by atoms with Gasteiger partial charge in [-0.05, 0) is 13.8 Å². The Morgan fingerprint density at radius 1 is 1.00 bits per heavy atom. The number of nitrogens with two attached hydrogens (primary N) is 1. The lowest BCUT2D eigenvalue weighted by molar-refractivity contribution is -0.143. The van der Waals surface area contributed by atoms with Gasteiger partial charge in [0.15, 0.2) is 0 Å². The number of aliphatic carboxylic acids is 1. The average molecular weight is 380 g/mol. The van der Waals surface area contributed by atoms with Gasteiger partial charge in [-0.3, -0.25) is 14.4 Å². The van der Waals surface area contributed by atoms with Gasteiger partial charge < -0.3 is 37.0 Å². The summed E-state index contributed by atoms with van der Waals surface area (Å²) < 4.78 is 0. The number of carboxylic acids is 1. The molecule has 0 bridgehead atoms. The smallest absolute Gasteiger partial charge is 0.328 e. The van der Waals surface area contributed by atoms with Crippen molar-refractivity contribution in [3.63, 3.8) is 0 Å². The van der Waals surface area contributed by atoms with Crippen LogP contribution in [0.25, 0.3) is 0 Å². The lowest BCUT2D eigenvalue weighted by Gasteiger charge is -2.22.